The lowest BCUT2D eigenvalue weighted by Gasteiger charge is -2.05. The molecule has 0 saturated carbocycles. The molecule has 15 heavy (non-hydrogen) atoms. The van der Waals surface area contributed by atoms with Crippen LogP contribution >= 0.6 is 0 Å². The van der Waals surface area contributed by atoms with Crippen molar-refractivity contribution in [3.05, 3.63) is 29.6 Å². The van der Waals surface area contributed by atoms with Crippen molar-refractivity contribution in [1.29, 1.82) is 0 Å². The Morgan fingerprint density at radius 2 is 2.20 bits per heavy atom. The Morgan fingerprint density at radius 3 is 2.80 bits per heavy atom. The van der Waals surface area contributed by atoms with Gasteiger partial charge in [0.05, 0.1) is 12.2 Å². The van der Waals surface area contributed by atoms with E-state index in [1.807, 2.05) is 13.0 Å². The quantitative estimate of drug-likeness (QED) is 0.251. The highest BCUT2D eigenvalue weighted by molar-refractivity contribution is 6.34. The van der Waals surface area contributed by atoms with E-state index in [1.54, 1.807) is 17.7 Å². The summed E-state index contributed by atoms with van der Waals surface area (Å²) in [7, 11) is 0. The lowest BCUT2D eigenvalue weighted by Crippen LogP contribution is -2.42. The van der Waals surface area contributed by atoms with Crippen LogP contribution in [0.3, 0.4) is 0 Å². The summed E-state index contributed by atoms with van der Waals surface area (Å²) in [4.78, 5) is 25.8. The van der Waals surface area contributed by atoms with Crippen LogP contribution in [-0.4, -0.2) is 16.8 Å². The van der Waals surface area contributed by atoms with Crippen LogP contribution in [0.15, 0.2) is 18.3 Å². The van der Waals surface area contributed by atoms with Crippen molar-refractivity contribution in [2.75, 3.05) is 0 Å². The third-order valence-corrected chi connectivity index (χ3v) is 1.87. The second-order valence-corrected chi connectivity index (χ2v) is 2.92. The zero-order valence-electron chi connectivity index (χ0n) is 8.28. The predicted octanol–water partition coefficient (Wildman–Crippen LogP) is -1.00. The van der Waals surface area contributed by atoms with Crippen molar-refractivity contribution < 1.29 is 9.59 Å². The van der Waals surface area contributed by atoms with E-state index in [-0.39, 0.29) is 6.54 Å². The number of hydrazine groups is 1. The van der Waals surface area contributed by atoms with Crippen molar-refractivity contribution in [3.63, 3.8) is 0 Å². The molecule has 0 aliphatic carbocycles. The van der Waals surface area contributed by atoms with Gasteiger partial charge in [-0.05, 0) is 18.6 Å². The van der Waals surface area contributed by atoms with Crippen LogP contribution in [0, 0.1) is 6.92 Å². The van der Waals surface area contributed by atoms with Gasteiger partial charge in [-0.15, -0.1) is 0 Å². The minimum absolute atomic E-state index is 0.207. The SMILES string of the molecule is Cc1cccnc1CNC(=O)C(=O)NN. The average Bonchev–Trinajstić information content (AvgIpc) is 2.26. The highest BCUT2D eigenvalue weighted by Gasteiger charge is 2.11. The minimum atomic E-state index is -0.872. The molecule has 0 aromatic carbocycles. The third kappa shape index (κ3) is 3.03. The first-order valence-corrected chi connectivity index (χ1v) is 4.34. The molecule has 0 atom stereocenters. The molecule has 0 saturated heterocycles. The topological polar surface area (TPSA) is 97.1 Å². The zero-order valence-corrected chi connectivity index (χ0v) is 8.28. The minimum Gasteiger partial charge on any atom is -0.342 e. The molecule has 1 rings (SSSR count). The number of nitrogens with one attached hydrogen (secondary N) is 2. The molecular formula is C9H12N4O2. The summed E-state index contributed by atoms with van der Waals surface area (Å²) in [5, 5.41) is 2.40. The number of nitrogens with two attached hydrogens (primary N) is 1. The number of carbonyl (C=O) groups is 2. The summed E-state index contributed by atoms with van der Waals surface area (Å²) in [5.74, 6) is 3.15. The van der Waals surface area contributed by atoms with Crippen molar-refractivity contribution in [2.24, 2.45) is 5.84 Å². The molecule has 0 aliphatic heterocycles. The fourth-order valence-corrected chi connectivity index (χ4v) is 1.01. The van der Waals surface area contributed by atoms with Gasteiger partial charge < -0.3 is 5.32 Å². The van der Waals surface area contributed by atoms with E-state index < -0.39 is 11.8 Å². The van der Waals surface area contributed by atoms with Gasteiger partial charge in [-0.2, -0.15) is 0 Å². The first-order valence-electron chi connectivity index (χ1n) is 4.34. The molecule has 0 aliphatic rings. The Kier molecular flexibility index (Phi) is 3.75. The van der Waals surface area contributed by atoms with Crippen LogP contribution in [0.4, 0.5) is 0 Å². The summed E-state index contributed by atoms with van der Waals surface area (Å²) in [6.45, 7) is 2.08. The summed E-state index contributed by atoms with van der Waals surface area (Å²) >= 11 is 0. The second-order valence-electron chi connectivity index (χ2n) is 2.92. The van der Waals surface area contributed by atoms with Gasteiger partial charge in [-0.25, -0.2) is 5.84 Å². The number of nitrogens with zero attached hydrogens (tertiary/aromatic N) is 1. The molecule has 0 spiro atoms. The number of carbonyl (C=O) groups excluding carboxylic acids is 2. The normalized spacial score (nSPS) is 9.47. The van der Waals surface area contributed by atoms with E-state index in [4.69, 9.17) is 5.84 Å². The lowest BCUT2D eigenvalue weighted by molar-refractivity contribution is -0.139. The Balaban J connectivity index is 2.54. The average molecular weight is 208 g/mol. The summed E-state index contributed by atoms with van der Waals surface area (Å²) in [6.07, 6.45) is 1.62. The van der Waals surface area contributed by atoms with Crippen LogP contribution in [0.25, 0.3) is 0 Å². The van der Waals surface area contributed by atoms with E-state index >= 15 is 0 Å². The van der Waals surface area contributed by atoms with Gasteiger partial charge in [0, 0.05) is 6.20 Å². The standard InChI is InChI=1S/C9H12N4O2/c1-6-3-2-4-11-7(6)5-12-8(14)9(15)13-10/h2-4H,5,10H2,1H3,(H,12,14)(H,13,15). The molecule has 2 amide bonds. The molecule has 0 bridgehead atoms. The molecule has 6 heteroatoms. The van der Waals surface area contributed by atoms with Crippen molar-refractivity contribution >= 4 is 11.8 Å². The maximum atomic E-state index is 11.0. The predicted molar refractivity (Wildman–Crippen MR) is 53.2 cm³/mol. The number of hydrogen-bond donors (Lipinski definition) is 3. The number of aryl methyl sites for hydroxylation is 1. The van der Waals surface area contributed by atoms with E-state index in [2.05, 4.69) is 10.3 Å². The molecule has 4 N–H and O–H groups in total. The lowest BCUT2D eigenvalue weighted by atomic mass is 10.2. The van der Waals surface area contributed by atoms with Crippen LogP contribution in [0.2, 0.25) is 0 Å². The summed E-state index contributed by atoms with van der Waals surface area (Å²) in [6, 6.07) is 3.67. The maximum Gasteiger partial charge on any atom is 0.323 e. The van der Waals surface area contributed by atoms with Crippen LogP contribution in [-0.2, 0) is 16.1 Å². The highest BCUT2D eigenvalue weighted by Crippen LogP contribution is 2.01. The first-order chi connectivity index (χ1) is 7.15. The summed E-state index contributed by atoms with van der Waals surface area (Å²) in [5.41, 5.74) is 3.41. The van der Waals surface area contributed by atoms with Gasteiger partial charge >= 0.3 is 11.8 Å². The van der Waals surface area contributed by atoms with Gasteiger partial charge in [0.25, 0.3) is 0 Å². The fraction of sp³-hybridized carbons (Fsp3) is 0.222. The maximum absolute atomic E-state index is 11.0. The fourth-order valence-electron chi connectivity index (χ4n) is 1.01. The molecule has 80 valence electrons. The Bertz CT molecular complexity index is 378. The number of pyridine rings is 1. The Morgan fingerprint density at radius 1 is 1.47 bits per heavy atom. The number of aromatic nitrogens is 1. The van der Waals surface area contributed by atoms with Gasteiger partial charge in [0.15, 0.2) is 0 Å². The summed E-state index contributed by atoms with van der Waals surface area (Å²) < 4.78 is 0. The zero-order chi connectivity index (χ0) is 11.3. The van der Waals surface area contributed by atoms with E-state index in [0.29, 0.717) is 0 Å². The monoisotopic (exact) mass is 208 g/mol. The number of amides is 2. The van der Waals surface area contributed by atoms with Crippen molar-refractivity contribution in [2.45, 2.75) is 13.5 Å². The Labute approximate surface area is 86.8 Å². The number of rotatable bonds is 2. The van der Waals surface area contributed by atoms with Crippen molar-refractivity contribution in [1.82, 2.24) is 15.7 Å². The molecule has 1 aromatic rings. The largest absolute Gasteiger partial charge is 0.342 e. The molecule has 0 fully saturated rings. The Hall–Kier alpha value is -1.95. The second kappa shape index (κ2) is 5.06. The van der Waals surface area contributed by atoms with E-state index in [0.717, 1.165) is 11.3 Å². The number of hydrogen-bond acceptors (Lipinski definition) is 4. The molecule has 0 radical (unpaired) electrons. The van der Waals surface area contributed by atoms with Crippen LogP contribution < -0.4 is 16.6 Å². The first kappa shape index (κ1) is 11.1. The van der Waals surface area contributed by atoms with Crippen LogP contribution in [0.5, 0.6) is 0 Å². The molecule has 6 nitrogen and oxygen atoms in total. The van der Waals surface area contributed by atoms with E-state index in [1.165, 1.54) is 0 Å². The molecule has 1 heterocycles. The smallest absolute Gasteiger partial charge is 0.323 e. The van der Waals surface area contributed by atoms with Gasteiger partial charge in [-0.3, -0.25) is 20.0 Å². The van der Waals surface area contributed by atoms with Crippen molar-refractivity contribution in [3.8, 4) is 0 Å². The van der Waals surface area contributed by atoms with Gasteiger partial charge in [0.2, 0.25) is 0 Å². The van der Waals surface area contributed by atoms with Gasteiger partial charge in [0.1, 0.15) is 0 Å². The van der Waals surface area contributed by atoms with Crippen LogP contribution in [0.1, 0.15) is 11.3 Å². The molecule has 0 unspecified atom stereocenters. The van der Waals surface area contributed by atoms with Gasteiger partial charge in [-0.1, -0.05) is 6.07 Å². The molecule has 1 aromatic heterocycles. The highest BCUT2D eigenvalue weighted by atomic mass is 16.2. The molecular weight excluding hydrogens is 196 g/mol. The van der Waals surface area contributed by atoms with E-state index in [9.17, 15) is 9.59 Å². The third-order valence-electron chi connectivity index (χ3n) is 1.87.